The Kier molecular flexibility index (Phi) is 7.75. The minimum Gasteiger partial charge on any atom is -0.507 e. The fourth-order valence-electron chi connectivity index (χ4n) is 5.01. The maximum absolute atomic E-state index is 15.0. The predicted molar refractivity (Wildman–Crippen MR) is 157 cm³/mol. The molecule has 2 aromatic carbocycles. The smallest absolute Gasteiger partial charge is 0.332 e. The number of hydrogen-bond donors (Lipinski definition) is 1. The van der Waals surface area contributed by atoms with E-state index in [9.17, 15) is 14.3 Å². The molecule has 3 heterocycles. The van der Waals surface area contributed by atoms with Crippen molar-refractivity contribution in [2.45, 2.75) is 24.9 Å². The van der Waals surface area contributed by atoms with Gasteiger partial charge in [-0.1, -0.05) is 17.7 Å². The molecule has 5 rings (SSSR count). The monoisotopic (exact) mass is 567 g/mol. The summed E-state index contributed by atoms with van der Waals surface area (Å²) in [6.45, 7) is 8.06. The van der Waals surface area contributed by atoms with Crippen molar-refractivity contribution < 1.29 is 9.50 Å². The van der Waals surface area contributed by atoms with Crippen LogP contribution in [0.1, 0.15) is 13.8 Å². The summed E-state index contributed by atoms with van der Waals surface area (Å²) in [7, 11) is 1.66. The van der Waals surface area contributed by atoms with Crippen LogP contribution in [0, 0.1) is 5.82 Å². The van der Waals surface area contributed by atoms with E-state index < -0.39 is 5.82 Å². The molecule has 2 aromatic heterocycles. The largest absolute Gasteiger partial charge is 0.507 e. The Morgan fingerprint density at radius 1 is 1.00 bits per heavy atom. The number of phenols is 1. The minimum atomic E-state index is -0.488. The lowest BCUT2D eigenvalue weighted by Crippen LogP contribution is -2.49. The lowest BCUT2D eigenvalue weighted by Gasteiger charge is -2.38. The molecule has 1 aliphatic heterocycles. The van der Waals surface area contributed by atoms with Gasteiger partial charge in [-0.15, -0.1) is 11.8 Å². The van der Waals surface area contributed by atoms with E-state index >= 15 is 0 Å². The quantitative estimate of drug-likeness (QED) is 0.304. The molecule has 10 heteroatoms. The van der Waals surface area contributed by atoms with Gasteiger partial charge >= 0.3 is 5.69 Å². The molecule has 39 heavy (non-hydrogen) atoms. The van der Waals surface area contributed by atoms with E-state index in [1.54, 1.807) is 55.6 Å². The zero-order valence-electron chi connectivity index (χ0n) is 22.4. The van der Waals surface area contributed by atoms with E-state index in [2.05, 4.69) is 28.6 Å². The third-order valence-electron chi connectivity index (χ3n) is 7.26. The molecule has 0 spiro atoms. The molecule has 0 bridgehead atoms. The second-order valence-electron chi connectivity index (χ2n) is 9.95. The van der Waals surface area contributed by atoms with Gasteiger partial charge in [0.25, 0.3) is 0 Å². The highest BCUT2D eigenvalue weighted by atomic mass is 35.5. The van der Waals surface area contributed by atoms with Crippen molar-refractivity contribution in [1.82, 2.24) is 19.0 Å². The highest BCUT2D eigenvalue weighted by Gasteiger charge is 2.23. The lowest BCUT2D eigenvalue weighted by molar-refractivity contribution is 0.209. The van der Waals surface area contributed by atoms with Gasteiger partial charge < -0.3 is 14.6 Å². The molecule has 4 aromatic rings. The summed E-state index contributed by atoms with van der Waals surface area (Å²) in [5, 5.41) is 12.5. The summed E-state index contributed by atoms with van der Waals surface area (Å²) >= 11 is 8.12. The van der Waals surface area contributed by atoms with Crippen molar-refractivity contribution in [3.63, 3.8) is 0 Å². The number of aromatic hydroxyl groups is 1. The van der Waals surface area contributed by atoms with Crippen LogP contribution >= 0.6 is 23.4 Å². The predicted octanol–water partition coefficient (Wildman–Crippen LogP) is 5.66. The van der Waals surface area contributed by atoms with Gasteiger partial charge in [-0.25, -0.2) is 14.2 Å². The highest BCUT2D eigenvalue weighted by molar-refractivity contribution is 7.98. The van der Waals surface area contributed by atoms with Crippen LogP contribution in [0.2, 0.25) is 5.02 Å². The fourth-order valence-corrected chi connectivity index (χ4v) is 5.83. The molecule has 0 amide bonds. The van der Waals surface area contributed by atoms with Crippen LogP contribution in [0.4, 0.5) is 10.1 Å². The first-order valence-electron chi connectivity index (χ1n) is 12.8. The molecule has 7 nitrogen and oxygen atoms in total. The third kappa shape index (κ3) is 5.31. The molecule has 0 aliphatic carbocycles. The van der Waals surface area contributed by atoms with Crippen molar-refractivity contribution >= 4 is 29.1 Å². The number of pyridine rings is 1. The molecule has 1 saturated heterocycles. The first-order valence-corrected chi connectivity index (χ1v) is 14.4. The Hall–Kier alpha value is -3.27. The van der Waals surface area contributed by atoms with Gasteiger partial charge in [0, 0.05) is 74.5 Å². The summed E-state index contributed by atoms with van der Waals surface area (Å²) in [5.74, 6) is -0.551. The Balaban J connectivity index is 1.52. The van der Waals surface area contributed by atoms with Crippen LogP contribution in [-0.2, 0) is 7.05 Å². The fraction of sp³-hybridized carbons (Fsp3) is 0.310. The number of aromatic nitrogens is 3. The molecule has 1 aliphatic rings. The Morgan fingerprint density at radius 3 is 2.28 bits per heavy atom. The summed E-state index contributed by atoms with van der Waals surface area (Å²) in [4.78, 5) is 21.8. The van der Waals surface area contributed by atoms with E-state index in [-0.39, 0.29) is 11.4 Å². The van der Waals surface area contributed by atoms with Crippen molar-refractivity contribution in [3.05, 3.63) is 76.3 Å². The van der Waals surface area contributed by atoms with Gasteiger partial charge in [0.05, 0.1) is 16.4 Å². The minimum absolute atomic E-state index is 0.0635. The van der Waals surface area contributed by atoms with Crippen molar-refractivity contribution in [2.75, 3.05) is 37.3 Å². The van der Waals surface area contributed by atoms with E-state index in [1.165, 1.54) is 21.3 Å². The number of aryl methyl sites for hydroxylation is 1. The van der Waals surface area contributed by atoms with Gasteiger partial charge in [0.15, 0.2) is 0 Å². The van der Waals surface area contributed by atoms with Crippen molar-refractivity contribution in [1.29, 1.82) is 0 Å². The zero-order valence-corrected chi connectivity index (χ0v) is 23.9. The highest BCUT2D eigenvalue weighted by Crippen LogP contribution is 2.42. The van der Waals surface area contributed by atoms with Crippen LogP contribution in [0.15, 0.2) is 64.8 Å². The molecule has 0 unspecified atom stereocenters. The van der Waals surface area contributed by atoms with E-state index in [0.717, 1.165) is 36.9 Å². The second kappa shape index (κ2) is 11.1. The number of imidazole rings is 1. The normalized spacial score (nSPS) is 14.4. The molecule has 204 valence electrons. The van der Waals surface area contributed by atoms with E-state index in [4.69, 9.17) is 11.6 Å². The number of benzene rings is 2. The first kappa shape index (κ1) is 27.3. The Bertz CT molecular complexity index is 1580. The SMILES string of the molecule is CSc1ncc(-c2cc(F)cc(-c3ccc(-n4ccn(C)c4=O)c(Cl)c3)c2O)cc1N1CCN(C(C)C)CC1. The van der Waals surface area contributed by atoms with E-state index in [1.807, 2.05) is 12.3 Å². The Labute approximate surface area is 236 Å². The number of thioether (sulfide) groups is 1. The van der Waals surface area contributed by atoms with Crippen LogP contribution in [-0.4, -0.2) is 62.6 Å². The molecular formula is C29H31ClFN5O2S. The molecular weight excluding hydrogens is 537 g/mol. The maximum atomic E-state index is 15.0. The van der Waals surface area contributed by atoms with Gasteiger partial charge in [0.2, 0.25) is 0 Å². The molecule has 0 atom stereocenters. The first-order chi connectivity index (χ1) is 18.7. The van der Waals surface area contributed by atoms with Crippen LogP contribution in [0.5, 0.6) is 5.75 Å². The number of piperazine rings is 1. The summed E-state index contributed by atoms with van der Waals surface area (Å²) in [6.07, 6.45) is 6.94. The lowest BCUT2D eigenvalue weighted by atomic mass is 9.97. The number of hydrogen-bond acceptors (Lipinski definition) is 6. The third-order valence-corrected chi connectivity index (χ3v) is 8.27. The summed E-state index contributed by atoms with van der Waals surface area (Å²) in [6, 6.07) is 10.1. The Morgan fingerprint density at radius 2 is 1.69 bits per heavy atom. The van der Waals surface area contributed by atoms with Crippen molar-refractivity contribution in [3.8, 4) is 33.7 Å². The number of rotatable bonds is 6. The van der Waals surface area contributed by atoms with Gasteiger partial charge in [-0.3, -0.25) is 9.47 Å². The summed E-state index contributed by atoms with van der Waals surface area (Å²) in [5.41, 5.74) is 3.07. The second-order valence-corrected chi connectivity index (χ2v) is 11.1. The van der Waals surface area contributed by atoms with Crippen LogP contribution in [0.3, 0.4) is 0 Å². The van der Waals surface area contributed by atoms with Gasteiger partial charge in [0.1, 0.15) is 16.6 Å². The van der Waals surface area contributed by atoms with Crippen LogP contribution < -0.4 is 10.6 Å². The van der Waals surface area contributed by atoms with Gasteiger partial charge in [-0.2, -0.15) is 0 Å². The van der Waals surface area contributed by atoms with Crippen LogP contribution in [0.25, 0.3) is 27.9 Å². The van der Waals surface area contributed by atoms with Gasteiger partial charge in [-0.05, 0) is 56.0 Å². The van der Waals surface area contributed by atoms with Crippen molar-refractivity contribution in [2.24, 2.45) is 7.05 Å². The van der Waals surface area contributed by atoms with E-state index in [0.29, 0.717) is 39.0 Å². The average Bonchev–Trinajstić information content (AvgIpc) is 3.26. The molecule has 0 saturated carbocycles. The average molecular weight is 568 g/mol. The summed E-state index contributed by atoms with van der Waals surface area (Å²) < 4.78 is 17.8. The number of phenolic OH excluding ortho intramolecular Hbond substituents is 1. The topological polar surface area (TPSA) is 66.5 Å². The molecule has 1 fully saturated rings. The number of anilines is 1. The molecule has 1 N–H and O–H groups in total. The number of nitrogens with zero attached hydrogens (tertiary/aromatic N) is 5. The molecule has 0 radical (unpaired) electrons. The number of halogens is 2. The maximum Gasteiger partial charge on any atom is 0.332 e. The zero-order chi connectivity index (χ0) is 27.8. The standard InChI is InChI=1S/C29H31ClFN5O2S/c1-18(2)34-8-10-35(11-9-34)26-14-20(17-32-28(26)39-4)23-16-21(31)15-22(27(23)37)19-5-6-25(24(30)13-19)36-12-7-33(3)29(36)38/h5-7,12-18,37H,8-11H2,1-4H3.